The van der Waals surface area contributed by atoms with E-state index in [4.69, 9.17) is 51.1 Å². The number of allylic oxidation sites excluding steroid dienone is 1. The highest BCUT2D eigenvalue weighted by Crippen LogP contribution is 2.41. The summed E-state index contributed by atoms with van der Waals surface area (Å²) < 4.78 is 3.60. The third-order valence-electron chi connectivity index (χ3n) is 2.15. The van der Waals surface area contributed by atoms with E-state index in [1.165, 1.54) is 6.07 Å². The molecule has 0 radical (unpaired) electrons. The molecule has 1 N–H and O–H groups in total. The normalized spacial score (nSPS) is 13.9. The van der Waals surface area contributed by atoms with Crippen LogP contribution in [0, 0.1) is 0 Å². The molecule has 18 heavy (non-hydrogen) atoms. The fourth-order valence-electron chi connectivity index (χ4n) is 1.23. The van der Waals surface area contributed by atoms with Gasteiger partial charge >= 0.3 is 0 Å². The monoisotopic (exact) mass is 328 g/mol. The zero-order valence-electron chi connectivity index (χ0n) is 9.54. The molecule has 1 aromatic carbocycles. The van der Waals surface area contributed by atoms with Gasteiger partial charge in [-0.1, -0.05) is 64.6 Å². The molecule has 1 rings (SSSR count). The Morgan fingerprint density at radius 2 is 2.06 bits per heavy atom. The zero-order chi connectivity index (χ0) is 13.8. The molecule has 0 aliphatic rings. The second-order valence-corrected chi connectivity index (χ2v) is 6.29. The number of aliphatic hydroxyl groups excluding tert-OH is 1. The molecule has 0 saturated carbocycles. The molecule has 2 nitrogen and oxygen atoms in total. The van der Waals surface area contributed by atoms with Crippen LogP contribution in [-0.2, 0) is 0 Å². The Hall–Kier alpha value is -0.120. The van der Waals surface area contributed by atoms with Gasteiger partial charge in [0.25, 0.3) is 0 Å². The Morgan fingerprint density at radius 3 is 2.56 bits per heavy atom. The fourth-order valence-corrected chi connectivity index (χ4v) is 1.85. The molecule has 0 aliphatic heterocycles. The molecule has 0 amide bonds. The van der Waals surface area contributed by atoms with Gasteiger partial charge in [0.05, 0.1) is 5.02 Å². The van der Waals surface area contributed by atoms with E-state index < -0.39 is 9.90 Å². The first-order valence-corrected chi connectivity index (χ1v) is 6.65. The number of alkyl halides is 3. The van der Waals surface area contributed by atoms with E-state index in [0.29, 0.717) is 22.9 Å². The lowest BCUT2D eigenvalue weighted by Crippen LogP contribution is -2.16. The number of aliphatic hydroxyl groups is 1. The number of halogens is 4. The first-order chi connectivity index (χ1) is 8.36. The van der Waals surface area contributed by atoms with E-state index in [0.717, 1.165) is 0 Å². The van der Waals surface area contributed by atoms with E-state index in [9.17, 15) is 5.11 Å². The van der Waals surface area contributed by atoms with Crippen LogP contribution in [0.15, 0.2) is 30.4 Å². The topological polar surface area (TPSA) is 29.5 Å². The maximum atomic E-state index is 9.78. The summed E-state index contributed by atoms with van der Waals surface area (Å²) >= 11 is 22.8. The Bertz CT molecular complexity index is 427. The van der Waals surface area contributed by atoms with Crippen LogP contribution in [0.2, 0.25) is 5.02 Å². The summed E-state index contributed by atoms with van der Waals surface area (Å²) in [5, 5.41) is 10.1. The van der Waals surface area contributed by atoms with Crippen molar-refractivity contribution < 1.29 is 9.84 Å². The summed E-state index contributed by atoms with van der Waals surface area (Å²) in [5.74, 6) is 0.509. The highest BCUT2D eigenvalue weighted by molar-refractivity contribution is 6.68. The van der Waals surface area contributed by atoms with Crippen LogP contribution < -0.4 is 4.74 Å². The smallest absolute Gasteiger partial charge is 0.220 e. The second-order valence-electron chi connectivity index (χ2n) is 3.51. The van der Waals surface area contributed by atoms with Crippen LogP contribution in [-0.4, -0.2) is 15.5 Å². The molecule has 0 fully saturated rings. The Morgan fingerprint density at radius 1 is 1.39 bits per heavy atom. The molecule has 0 spiro atoms. The lowest BCUT2D eigenvalue weighted by Gasteiger charge is -2.19. The Balaban J connectivity index is 2.85. The van der Waals surface area contributed by atoms with Crippen LogP contribution in [0.1, 0.15) is 18.6 Å². The number of hydrogen-bond donors (Lipinski definition) is 1. The summed E-state index contributed by atoms with van der Waals surface area (Å²) in [4.78, 5) is 0. The van der Waals surface area contributed by atoms with Crippen molar-refractivity contribution in [1.29, 1.82) is 0 Å². The van der Waals surface area contributed by atoms with E-state index in [-0.39, 0.29) is 0 Å². The molecule has 1 unspecified atom stereocenters. The van der Waals surface area contributed by atoms with Crippen molar-refractivity contribution in [3.05, 3.63) is 40.9 Å². The fraction of sp³-hybridized carbons (Fsp3) is 0.333. The molecular weight excluding hydrogens is 318 g/mol. The third-order valence-corrected chi connectivity index (χ3v) is 3.07. The van der Waals surface area contributed by atoms with Crippen molar-refractivity contribution in [2.24, 2.45) is 0 Å². The summed E-state index contributed by atoms with van der Waals surface area (Å²) in [6.45, 7) is 2.31. The van der Waals surface area contributed by atoms with Gasteiger partial charge in [-0.3, -0.25) is 0 Å². The van der Waals surface area contributed by atoms with Crippen molar-refractivity contribution >= 4 is 46.4 Å². The largest absolute Gasteiger partial charge is 0.488 e. The first-order valence-electron chi connectivity index (χ1n) is 5.14. The van der Waals surface area contributed by atoms with E-state index in [1.54, 1.807) is 12.1 Å². The highest BCUT2D eigenvalue weighted by atomic mass is 35.6. The molecule has 0 bridgehead atoms. The van der Waals surface area contributed by atoms with Gasteiger partial charge in [0.2, 0.25) is 3.79 Å². The average molecular weight is 330 g/mol. The number of hydrogen-bond acceptors (Lipinski definition) is 2. The highest BCUT2D eigenvalue weighted by Gasteiger charge is 2.32. The minimum atomic E-state index is -1.79. The van der Waals surface area contributed by atoms with Crippen LogP contribution in [0.25, 0.3) is 0 Å². The SMILES string of the molecule is CC=CCOc1ccc(C(O)C(Cl)(Cl)Cl)cc1Cl. The van der Waals surface area contributed by atoms with Gasteiger partial charge in [-0.25, -0.2) is 0 Å². The van der Waals surface area contributed by atoms with Gasteiger partial charge < -0.3 is 9.84 Å². The van der Waals surface area contributed by atoms with Crippen LogP contribution in [0.5, 0.6) is 5.75 Å². The summed E-state index contributed by atoms with van der Waals surface area (Å²) in [6, 6.07) is 4.74. The molecule has 1 atom stereocenters. The third kappa shape index (κ3) is 4.52. The summed E-state index contributed by atoms with van der Waals surface area (Å²) in [5.41, 5.74) is 0.415. The van der Waals surface area contributed by atoms with E-state index in [2.05, 4.69) is 0 Å². The van der Waals surface area contributed by atoms with Gasteiger partial charge in [0, 0.05) is 0 Å². The molecule has 0 heterocycles. The van der Waals surface area contributed by atoms with Crippen molar-refractivity contribution in [1.82, 2.24) is 0 Å². The summed E-state index contributed by atoms with van der Waals surface area (Å²) in [7, 11) is 0. The molecule has 1 aromatic rings. The lowest BCUT2D eigenvalue weighted by molar-refractivity contribution is 0.182. The minimum Gasteiger partial charge on any atom is -0.488 e. The van der Waals surface area contributed by atoms with Gasteiger partial charge in [-0.2, -0.15) is 0 Å². The van der Waals surface area contributed by atoms with E-state index in [1.807, 2.05) is 19.1 Å². The number of ether oxygens (including phenoxy) is 1. The lowest BCUT2D eigenvalue weighted by atomic mass is 10.1. The average Bonchev–Trinajstić information content (AvgIpc) is 2.29. The van der Waals surface area contributed by atoms with Crippen LogP contribution in [0.4, 0.5) is 0 Å². The molecule has 6 heteroatoms. The molecule has 0 saturated heterocycles. The van der Waals surface area contributed by atoms with Crippen molar-refractivity contribution in [3.8, 4) is 5.75 Å². The van der Waals surface area contributed by atoms with Gasteiger partial charge in [-0.05, 0) is 24.6 Å². The number of benzene rings is 1. The first kappa shape index (κ1) is 15.9. The van der Waals surface area contributed by atoms with E-state index >= 15 is 0 Å². The van der Waals surface area contributed by atoms with Gasteiger partial charge in [0.15, 0.2) is 0 Å². The molecular formula is C12H12Cl4O2. The quantitative estimate of drug-likeness (QED) is 0.641. The van der Waals surface area contributed by atoms with Crippen LogP contribution in [0.3, 0.4) is 0 Å². The Labute approximate surface area is 126 Å². The number of rotatable bonds is 4. The van der Waals surface area contributed by atoms with Gasteiger partial charge in [-0.15, -0.1) is 0 Å². The predicted octanol–water partition coefficient (Wildman–Crippen LogP) is 4.70. The Kier molecular flexibility index (Phi) is 6.09. The van der Waals surface area contributed by atoms with Crippen molar-refractivity contribution in [2.75, 3.05) is 6.61 Å². The van der Waals surface area contributed by atoms with Crippen molar-refractivity contribution in [2.45, 2.75) is 16.8 Å². The maximum absolute atomic E-state index is 9.78. The van der Waals surface area contributed by atoms with Gasteiger partial charge in [0.1, 0.15) is 18.5 Å². The summed E-state index contributed by atoms with van der Waals surface area (Å²) in [6.07, 6.45) is 2.47. The molecule has 0 aromatic heterocycles. The second kappa shape index (κ2) is 6.88. The maximum Gasteiger partial charge on any atom is 0.220 e. The zero-order valence-corrected chi connectivity index (χ0v) is 12.6. The molecule has 100 valence electrons. The van der Waals surface area contributed by atoms with Crippen molar-refractivity contribution in [3.63, 3.8) is 0 Å². The van der Waals surface area contributed by atoms with Crippen LogP contribution >= 0.6 is 46.4 Å². The minimum absolute atomic E-state index is 0.352. The molecule has 0 aliphatic carbocycles. The predicted molar refractivity (Wildman–Crippen MR) is 77.0 cm³/mol. The standard InChI is InChI=1S/C12H12Cl4O2/c1-2-3-6-18-10-5-4-8(7-9(10)13)11(17)12(14,15)16/h2-5,7,11,17H,6H2,1H3.